The predicted molar refractivity (Wildman–Crippen MR) is 110 cm³/mol. The summed E-state index contributed by atoms with van der Waals surface area (Å²) in [6.07, 6.45) is 0.659. The minimum absolute atomic E-state index is 0.0417. The Morgan fingerprint density at radius 1 is 0.963 bits per heavy atom. The van der Waals surface area contributed by atoms with Gasteiger partial charge in [0.2, 0.25) is 15.9 Å². The molecule has 6 nitrogen and oxygen atoms in total. The fourth-order valence-electron chi connectivity index (χ4n) is 2.51. The molecule has 0 bridgehead atoms. The largest absolute Gasteiger partial charge is 0.341 e. The van der Waals surface area contributed by atoms with Gasteiger partial charge in [-0.25, -0.2) is 13.6 Å². The first kappa shape index (κ1) is 23.6. The highest BCUT2D eigenvalue weighted by atomic mass is 32.2. The first-order valence-electron chi connectivity index (χ1n) is 9.25. The maximum absolute atomic E-state index is 12.8. The lowest BCUT2D eigenvalue weighted by molar-refractivity contribution is -0.139. The zero-order valence-corrected chi connectivity index (χ0v) is 18.6. The third kappa shape index (κ3) is 7.60. The highest BCUT2D eigenvalue weighted by Crippen LogP contribution is 2.19. The van der Waals surface area contributed by atoms with E-state index in [9.17, 15) is 13.2 Å². The van der Waals surface area contributed by atoms with Gasteiger partial charge < -0.3 is 4.90 Å². The van der Waals surface area contributed by atoms with Crippen molar-refractivity contribution in [2.45, 2.75) is 58.4 Å². The smallest absolute Gasteiger partial charge is 0.238 e. The van der Waals surface area contributed by atoms with Crippen molar-refractivity contribution in [3.05, 3.63) is 29.8 Å². The molecule has 0 radical (unpaired) electrons. The van der Waals surface area contributed by atoms with E-state index in [1.807, 2.05) is 25.7 Å². The van der Waals surface area contributed by atoms with Crippen LogP contribution in [0.1, 0.15) is 47.1 Å². The van der Waals surface area contributed by atoms with E-state index in [1.165, 1.54) is 12.1 Å². The van der Waals surface area contributed by atoms with Crippen LogP contribution in [-0.4, -0.2) is 56.3 Å². The van der Waals surface area contributed by atoms with E-state index >= 15 is 0 Å². The number of nitrogens with two attached hydrogens (primary N) is 1. The molecule has 0 aliphatic heterocycles. The van der Waals surface area contributed by atoms with Crippen LogP contribution in [0.15, 0.2) is 29.2 Å². The second kappa shape index (κ2) is 8.71. The number of likely N-dealkylation sites (N-methyl/N-ethyl adjacent to an activating group) is 1. The van der Waals surface area contributed by atoms with E-state index in [-0.39, 0.29) is 16.3 Å². The number of nitrogens with zero attached hydrogens (tertiary/aromatic N) is 2. The Balaban J connectivity index is 2.84. The van der Waals surface area contributed by atoms with Gasteiger partial charge in [-0.2, -0.15) is 0 Å². The minimum Gasteiger partial charge on any atom is -0.341 e. The number of rotatable bonds is 7. The number of amides is 1. The van der Waals surface area contributed by atoms with Gasteiger partial charge in [-0.05, 0) is 51.9 Å². The van der Waals surface area contributed by atoms with E-state index in [1.54, 1.807) is 12.1 Å². The number of hydrogen-bond acceptors (Lipinski definition) is 4. The van der Waals surface area contributed by atoms with E-state index < -0.39 is 15.4 Å². The van der Waals surface area contributed by atoms with Crippen molar-refractivity contribution in [3.63, 3.8) is 0 Å². The summed E-state index contributed by atoms with van der Waals surface area (Å²) < 4.78 is 22.7. The first-order valence-corrected chi connectivity index (χ1v) is 10.8. The maximum Gasteiger partial charge on any atom is 0.238 e. The Morgan fingerprint density at radius 3 is 1.89 bits per heavy atom. The van der Waals surface area contributed by atoms with Crippen LogP contribution in [0.4, 0.5) is 0 Å². The van der Waals surface area contributed by atoms with Crippen molar-refractivity contribution >= 4 is 15.9 Å². The van der Waals surface area contributed by atoms with Crippen molar-refractivity contribution in [3.8, 4) is 0 Å². The van der Waals surface area contributed by atoms with Gasteiger partial charge in [-0.3, -0.25) is 9.69 Å². The molecule has 2 N–H and O–H groups in total. The molecule has 0 fully saturated rings. The zero-order valence-electron chi connectivity index (χ0n) is 17.7. The van der Waals surface area contributed by atoms with Gasteiger partial charge in [0.15, 0.2) is 0 Å². The third-order valence-corrected chi connectivity index (χ3v) is 5.63. The van der Waals surface area contributed by atoms with Crippen molar-refractivity contribution < 1.29 is 13.2 Å². The van der Waals surface area contributed by atoms with Crippen molar-refractivity contribution in [2.24, 2.45) is 10.6 Å². The zero-order chi connectivity index (χ0) is 21.0. The molecule has 0 saturated heterocycles. The molecule has 0 unspecified atom stereocenters. The monoisotopic (exact) mass is 397 g/mol. The van der Waals surface area contributed by atoms with Gasteiger partial charge >= 0.3 is 0 Å². The summed E-state index contributed by atoms with van der Waals surface area (Å²) in [5, 5.41) is 5.13. The van der Waals surface area contributed by atoms with Gasteiger partial charge in [0.25, 0.3) is 0 Å². The predicted octanol–water partition coefficient (Wildman–Crippen LogP) is 2.48. The molecular formula is C20H35N3O3S. The summed E-state index contributed by atoms with van der Waals surface area (Å²) in [6, 6.07) is 6.52. The summed E-state index contributed by atoms with van der Waals surface area (Å²) in [5.74, 6) is 0.117. The molecule has 1 aromatic carbocycles. The molecule has 0 aliphatic carbocycles. The Hall–Kier alpha value is -1.44. The molecular weight excluding hydrogens is 362 g/mol. The molecule has 1 rings (SSSR count). The number of primary sulfonamides is 1. The average molecular weight is 398 g/mol. The highest BCUT2D eigenvalue weighted by molar-refractivity contribution is 7.89. The third-order valence-electron chi connectivity index (χ3n) is 4.70. The van der Waals surface area contributed by atoms with Crippen molar-refractivity contribution in [1.29, 1.82) is 0 Å². The van der Waals surface area contributed by atoms with Crippen LogP contribution >= 0.6 is 0 Å². The summed E-state index contributed by atoms with van der Waals surface area (Å²) in [7, 11) is -1.62. The topological polar surface area (TPSA) is 83.7 Å². The van der Waals surface area contributed by atoms with Crippen LogP contribution in [-0.2, 0) is 21.2 Å². The van der Waals surface area contributed by atoms with Crippen LogP contribution in [0.3, 0.4) is 0 Å². The molecule has 0 aromatic heterocycles. The van der Waals surface area contributed by atoms with Gasteiger partial charge in [-0.1, -0.05) is 32.9 Å². The van der Waals surface area contributed by atoms with Crippen LogP contribution in [0.2, 0.25) is 0 Å². The lowest BCUT2D eigenvalue weighted by atomic mass is 9.94. The molecule has 0 atom stereocenters. The van der Waals surface area contributed by atoms with Crippen LogP contribution in [0, 0.1) is 5.41 Å². The normalized spacial score (nSPS) is 13.1. The second-order valence-corrected chi connectivity index (χ2v) is 10.6. The SMILES string of the molecule is CN(CCN(CCc1ccc(S(N)(=O)=O)cc1)C(=O)C(C)(C)C)C(C)(C)C. The molecule has 7 heteroatoms. The number of hydrogen-bond donors (Lipinski definition) is 1. The Morgan fingerprint density at radius 2 is 1.48 bits per heavy atom. The van der Waals surface area contributed by atoms with Gasteiger partial charge in [0.05, 0.1) is 4.90 Å². The number of carbonyl (C=O) groups excluding carboxylic acids is 1. The summed E-state index contributed by atoms with van der Waals surface area (Å²) >= 11 is 0. The Labute approximate surface area is 164 Å². The lowest BCUT2D eigenvalue weighted by Gasteiger charge is -2.35. The lowest BCUT2D eigenvalue weighted by Crippen LogP contribution is -2.47. The maximum atomic E-state index is 12.8. The molecule has 1 aromatic rings. The molecule has 27 heavy (non-hydrogen) atoms. The van der Waals surface area contributed by atoms with E-state index in [2.05, 4.69) is 32.7 Å². The molecule has 0 spiro atoms. The number of carbonyl (C=O) groups is 1. The van der Waals surface area contributed by atoms with Gasteiger partial charge in [0, 0.05) is 30.6 Å². The van der Waals surface area contributed by atoms with Crippen LogP contribution in [0.5, 0.6) is 0 Å². The van der Waals surface area contributed by atoms with Gasteiger partial charge in [0.1, 0.15) is 0 Å². The average Bonchev–Trinajstić information content (AvgIpc) is 2.51. The summed E-state index contributed by atoms with van der Waals surface area (Å²) in [5.41, 5.74) is 0.566. The van der Waals surface area contributed by atoms with Crippen LogP contribution < -0.4 is 5.14 Å². The van der Waals surface area contributed by atoms with Crippen LogP contribution in [0.25, 0.3) is 0 Å². The fourth-order valence-corrected chi connectivity index (χ4v) is 3.02. The molecule has 154 valence electrons. The highest BCUT2D eigenvalue weighted by Gasteiger charge is 2.28. The molecule has 1 amide bonds. The molecule has 0 heterocycles. The number of sulfonamides is 1. The summed E-state index contributed by atoms with van der Waals surface area (Å²) in [4.78, 5) is 17.1. The fraction of sp³-hybridized carbons (Fsp3) is 0.650. The Kier molecular flexibility index (Phi) is 7.61. The van der Waals surface area contributed by atoms with Gasteiger partial charge in [-0.15, -0.1) is 0 Å². The molecule has 0 aliphatic rings. The van der Waals surface area contributed by atoms with E-state index in [0.29, 0.717) is 19.5 Å². The van der Waals surface area contributed by atoms with E-state index in [4.69, 9.17) is 5.14 Å². The quantitative estimate of drug-likeness (QED) is 0.766. The minimum atomic E-state index is -3.69. The molecule has 0 saturated carbocycles. The first-order chi connectivity index (χ1) is 12.1. The van der Waals surface area contributed by atoms with Crippen molar-refractivity contribution in [2.75, 3.05) is 26.7 Å². The summed E-state index contributed by atoms with van der Waals surface area (Å²) in [6.45, 7) is 14.3. The van der Waals surface area contributed by atoms with E-state index in [0.717, 1.165) is 12.1 Å². The standard InChI is InChI=1S/C20H35N3O3S/c1-19(2,3)18(24)23(15-14-22(7)20(4,5)6)13-12-16-8-10-17(11-9-16)27(21,25)26/h8-11H,12-15H2,1-7H3,(H2,21,25,26). The number of benzene rings is 1. The Bertz CT molecular complexity index is 729. The van der Waals surface area contributed by atoms with Crippen molar-refractivity contribution in [1.82, 2.24) is 9.80 Å². The second-order valence-electron chi connectivity index (χ2n) is 9.07.